The number of nitrogens with two attached hydrogens (primary N) is 1. The first-order valence-corrected chi connectivity index (χ1v) is 5.89. The van der Waals surface area contributed by atoms with Crippen LogP contribution in [0.5, 0.6) is 0 Å². The summed E-state index contributed by atoms with van der Waals surface area (Å²) in [5.74, 6) is 0. The van der Waals surface area contributed by atoms with Gasteiger partial charge in [-0.25, -0.2) is 0 Å². The van der Waals surface area contributed by atoms with Crippen LogP contribution in [0.25, 0.3) is 0 Å². The predicted octanol–water partition coefficient (Wildman–Crippen LogP) is 1.99. The summed E-state index contributed by atoms with van der Waals surface area (Å²) in [5.41, 5.74) is 7.07. The molecule has 0 amide bonds. The minimum absolute atomic E-state index is 0.000972. The number of benzene rings is 1. The van der Waals surface area contributed by atoms with Gasteiger partial charge in [-0.15, -0.1) is 0 Å². The monoisotopic (exact) mass is 220 g/mol. The Labute approximate surface area is 97.0 Å². The van der Waals surface area contributed by atoms with Crippen LogP contribution >= 0.6 is 0 Å². The summed E-state index contributed by atoms with van der Waals surface area (Å²) in [6.07, 6.45) is 2.23. The van der Waals surface area contributed by atoms with Crippen LogP contribution in [0.3, 0.4) is 0 Å². The number of hydrogen-bond acceptors (Lipinski definition) is 3. The van der Waals surface area contributed by atoms with Gasteiger partial charge in [0.1, 0.15) is 0 Å². The molecule has 1 aliphatic rings. The van der Waals surface area contributed by atoms with E-state index in [-0.39, 0.29) is 11.6 Å². The molecule has 16 heavy (non-hydrogen) atoms. The molecule has 0 radical (unpaired) electrons. The van der Waals surface area contributed by atoms with E-state index in [0.717, 1.165) is 25.1 Å². The molecule has 2 atom stereocenters. The highest BCUT2D eigenvalue weighted by atomic mass is 16.5. The molecule has 0 spiro atoms. The number of rotatable bonds is 3. The van der Waals surface area contributed by atoms with Crippen LogP contribution in [-0.2, 0) is 4.74 Å². The second-order valence-electron chi connectivity index (χ2n) is 4.61. The minimum atomic E-state index is -0.000972. The van der Waals surface area contributed by atoms with Crippen molar-refractivity contribution in [1.82, 2.24) is 0 Å². The fourth-order valence-corrected chi connectivity index (χ4v) is 2.34. The molecule has 88 valence electrons. The van der Waals surface area contributed by atoms with Crippen LogP contribution in [-0.4, -0.2) is 24.8 Å². The Balaban J connectivity index is 2.10. The minimum Gasteiger partial charge on any atom is -0.378 e. The maximum absolute atomic E-state index is 5.93. The average Bonchev–Trinajstić information content (AvgIpc) is 2.30. The highest BCUT2D eigenvalue weighted by molar-refractivity contribution is 5.45. The van der Waals surface area contributed by atoms with Crippen molar-refractivity contribution in [3.05, 3.63) is 30.3 Å². The summed E-state index contributed by atoms with van der Waals surface area (Å²) in [6.45, 7) is 3.55. The van der Waals surface area contributed by atoms with Crippen molar-refractivity contribution in [2.45, 2.75) is 31.4 Å². The summed E-state index contributed by atoms with van der Waals surface area (Å²) < 4.78 is 5.58. The lowest BCUT2D eigenvalue weighted by Crippen LogP contribution is -2.51. The Hall–Kier alpha value is -1.06. The average molecular weight is 220 g/mol. The zero-order valence-corrected chi connectivity index (χ0v) is 9.78. The van der Waals surface area contributed by atoms with Gasteiger partial charge >= 0.3 is 0 Å². The zero-order chi connectivity index (χ0) is 11.4. The Morgan fingerprint density at radius 3 is 2.81 bits per heavy atom. The predicted molar refractivity (Wildman–Crippen MR) is 66.5 cm³/mol. The summed E-state index contributed by atoms with van der Waals surface area (Å²) >= 11 is 0. The Morgan fingerprint density at radius 1 is 1.44 bits per heavy atom. The fraction of sp³-hybridized carbons (Fsp3) is 0.538. The van der Waals surface area contributed by atoms with Gasteiger partial charge in [-0.1, -0.05) is 18.2 Å². The van der Waals surface area contributed by atoms with Crippen LogP contribution in [0.4, 0.5) is 5.69 Å². The lowest BCUT2D eigenvalue weighted by atomic mass is 9.86. The highest BCUT2D eigenvalue weighted by Gasteiger charge is 2.34. The zero-order valence-electron chi connectivity index (χ0n) is 9.78. The maximum atomic E-state index is 5.93. The molecule has 1 aliphatic heterocycles. The number of ether oxygens (including phenoxy) is 1. The molecule has 0 aliphatic carbocycles. The number of anilines is 1. The maximum Gasteiger partial charge on any atom is 0.0569 e. The van der Waals surface area contributed by atoms with Crippen molar-refractivity contribution in [3.63, 3.8) is 0 Å². The van der Waals surface area contributed by atoms with E-state index >= 15 is 0 Å². The van der Waals surface area contributed by atoms with Crippen LogP contribution in [0, 0.1) is 0 Å². The van der Waals surface area contributed by atoms with Crippen LogP contribution in [0.15, 0.2) is 30.3 Å². The van der Waals surface area contributed by atoms with Gasteiger partial charge in [0.25, 0.3) is 0 Å². The van der Waals surface area contributed by atoms with Gasteiger partial charge in [0.05, 0.1) is 11.6 Å². The Kier molecular flexibility index (Phi) is 3.46. The van der Waals surface area contributed by atoms with Crippen LogP contribution in [0.1, 0.15) is 19.8 Å². The number of hydrogen-bond donors (Lipinski definition) is 2. The Bertz CT molecular complexity index is 328. The summed E-state index contributed by atoms with van der Waals surface area (Å²) in [4.78, 5) is 0. The van der Waals surface area contributed by atoms with E-state index in [1.165, 1.54) is 0 Å². The molecule has 1 fully saturated rings. The molecule has 3 N–H and O–H groups in total. The Morgan fingerprint density at radius 2 is 2.19 bits per heavy atom. The molecule has 1 saturated heterocycles. The summed E-state index contributed by atoms with van der Waals surface area (Å²) in [7, 11) is 0. The van der Waals surface area contributed by atoms with E-state index in [2.05, 4.69) is 24.4 Å². The molecule has 0 saturated carbocycles. The molecule has 0 aromatic heterocycles. The molecule has 1 heterocycles. The van der Waals surface area contributed by atoms with Gasteiger partial charge in [0, 0.05) is 18.8 Å². The van der Waals surface area contributed by atoms with Crippen molar-refractivity contribution in [2.24, 2.45) is 5.73 Å². The number of nitrogens with one attached hydrogen (secondary N) is 1. The molecule has 2 unspecified atom stereocenters. The van der Waals surface area contributed by atoms with Crippen molar-refractivity contribution in [1.29, 1.82) is 0 Å². The van der Waals surface area contributed by atoms with Crippen molar-refractivity contribution in [2.75, 3.05) is 18.5 Å². The SMILES string of the molecule is CC1CC(CN)(Nc2ccccc2)CCO1. The van der Waals surface area contributed by atoms with Gasteiger partial charge in [-0.05, 0) is 31.9 Å². The molecular formula is C13H20N2O. The van der Waals surface area contributed by atoms with Crippen molar-refractivity contribution >= 4 is 5.69 Å². The van der Waals surface area contributed by atoms with E-state index < -0.39 is 0 Å². The lowest BCUT2D eigenvalue weighted by Gasteiger charge is -2.40. The van der Waals surface area contributed by atoms with Gasteiger partial charge < -0.3 is 15.8 Å². The van der Waals surface area contributed by atoms with E-state index in [9.17, 15) is 0 Å². The van der Waals surface area contributed by atoms with Gasteiger partial charge in [0.15, 0.2) is 0 Å². The van der Waals surface area contributed by atoms with E-state index in [1.807, 2.05) is 18.2 Å². The first-order valence-electron chi connectivity index (χ1n) is 5.89. The quantitative estimate of drug-likeness (QED) is 0.819. The van der Waals surface area contributed by atoms with E-state index in [4.69, 9.17) is 10.5 Å². The van der Waals surface area contributed by atoms with Gasteiger partial charge in [0.2, 0.25) is 0 Å². The highest BCUT2D eigenvalue weighted by Crippen LogP contribution is 2.28. The summed E-state index contributed by atoms with van der Waals surface area (Å²) in [5, 5.41) is 3.57. The van der Waals surface area contributed by atoms with E-state index in [1.54, 1.807) is 0 Å². The molecule has 2 rings (SSSR count). The second kappa shape index (κ2) is 4.85. The third kappa shape index (κ3) is 2.54. The molecule has 3 nitrogen and oxygen atoms in total. The third-order valence-electron chi connectivity index (χ3n) is 3.24. The summed E-state index contributed by atoms with van der Waals surface area (Å²) in [6, 6.07) is 10.3. The van der Waals surface area contributed by atoms with Crippen LogP contribution in [0.2, 0.25) is 0 Å². The largest absolute Gasteiger partial charge is 0.378 e. The van der Waals surface area contributed by atoms with E-state index in [0.29, 0.717) is 6.54 Å². The molecule has 1 aromatic rings. The first kappa shape index (κ1) is 11.4. The molecular weight excluding hydrogens is 200 g/mol. The van der Waals surface area contributed by atoms with Crippen molar-refractivity contribution in [3.8, 4) is 0 Å². The third-order valence-corrected chi connectivity index (χ3v) is 3.24. The number of para-hydroxylation sites is 1. The van der Waals surface area contributed by atoms with Crippen LogP contribution < -0.4 is 11.1 Å². The first-order chi connectivity index (χ1) is 7.74. The normalized spacial score (nSPS) is 30.0. The standard InChI is InChI=1S/C13H20N2O/c1-11-9-13(10-14,7-8-16-11)15-12-5-3-2-4-6-12/h2-6,11,15H,7-10,14H2,1H3. The topological polar surface area (TPSA) is 47.3 Å². The van der Waals surface area contributed by atoms with Crippen molar-refractivity contribution < 1.29 is 4.74 Å². The molecule has 1 aromatic carbocycles. The second-order valence-corrected chi connectivity index (χ2v) is 4.61. The molecule has 0 bridgehead atoms. The molecule has 3 heteroatoms. The fourth-order valence-electron chi connectivity index (χ4n) is 2.34. The van der Waals surface area contributed by atoms with Gasteiger partial charge in [-0.2, -0.15) is 0 Å². The lowest BCUT2D eigenvalue weighted by molar-refractivity contribution is 0.000265. The van der Waals surface area contributed by atoms with Gasteiger partial charge in [-0.3, -0.25) is 0 Å². The smallest absolute Gasteiger partial charge is 0.0569 e.